The lowest BCUT2D eigenvalue weighted by atomic mass is 10.1. The van der Waals surface area contributed by atoms with Gasteiger partial charge in [-0.2, -0.15) is 10.2 Å². The fourth-order valence-electron chi connectivity index (χ4n) is 2.24. The van der Waals surface area contributed by atoms with E-state index in [4.69, 9.17) is 16.7 Å². The molecule has 0 fully saturated rings. The summed E-state index contributed by atoms with van der Waals surface area (Å²) in [6.07, 6.45) is 5.27. The molecule has 0 aliphatic heterocycles. The van der Waals surface area contributed by atoms with Gasteiger partial charge >= 0.3 is 0 Å². The summed E-state index contributed by atoms with van der Waals surface area (Å²) in [5.41, 5.74) is 1.67. The van der Waals surface area contributed by atoms with E-state index < -0.39 is 11.9 Å². The van der Waals surface area contributed by atoms with Gasteiger partial charge in [-0.05, 0) is 25.1 Å². The lowest BCUT2D eigenvalue weighted by Crippen LogP contribution is -2.36. The molecule has 1 aromatic heterocycles. The quantitative estimate of drug-likeness (QED) is 0.174. The van der Waals surface area contributed by atoms with Crippen molar-refractivity contribution in [2.75, 3.05) is 18.7 Å². The summed E-state index contributed by atoms with van der Waals surface area (Å²) < 4.78 is 1.64. The Bertz CT molecular complexity index is 889. The molecule has 0 radical (unpaired) electrons. The van der Waals surface area contributed by atoms with Gasteiger partial charge in [0.2, 0.25) is 0 Å². The minimum atomic E-state index is -0.595. The summed E-state index contributed by atoms with van der Waals surface area (Å²) in [5.74, 6) is -0.595. The molecule has 148 valence electrons. The van der Waals surface area contributed by atoms with Gasteiger partial charge in [0.25, 0.3) is 5.91 Å². The van der Waals surface area contributed by atoms with Crippen LogP contribution >= 0.6 is 11.6 Å². The first-order valence-electron chi connectivity index (χ1n) is 8.49. The van der Waals surface area contributed by atoms with Gasteiger partial charge in [-0.15, -0.1) is 0 Å². The number of aliphatic hydroxyl groups is 1. The number of benzene rings is 1. The van der Waals surface area contributed by atoms with E-state index in [9.17, 15) is 9.59 Å². The highest BCUT2D eigenvalue weighted by atomic mass is 35.5. The maximum Gasteiger partial charge on any atom is 0.254 e. The number of amides is 1. The second-order valence-electron chi connectivity index (χ2n) is 6.16. The van der Waals surface area contributed by atoms with Crippen LogP contribution in [0.2, 0.25) is 5.02 Å². The topological polar surface area (TPSA) is 99.8 Å². The van der Waals surface area contributed by atoms with Crippen molar-refractivity contribution < 1.29 is 14.7 Å². The summed E-state index contributed by atoms with van der Waals surface area (Å²) in [6.45, 7) is 1.39. The van der Waals surface area contributed by atoms with Crippen molar-refractivity contribution in [1.29, 1.82) is 0 Å². The second kappa shape index (κ2) is 9.82. The van der Waals surface area contributed by atoms with Crippen LogP contribution in [0, 0.1) is 0 Å². The first-order valence-corrected chi connectivity index (χ1v) is 8.87. The summed E-state index contributed by atoms with van der Waals surface area (Å²) >= 11 is 5.96. The lowest BCUT2D eigenvalue weighted by molar-refractivity contribution is -0.120. The van der Waals surface area contributed by atoms with Crippen LogP contribution in [0.15, 0.2) is 53.4 Å². The van der Waals surface area contributed by atoms with Crippen molar-refractivity contribution in [2.24, 2.45) is 12.1 Å². The second-order valence-corrected chi connectivity index (χ2v) is 6.60. The zero-order chi connectivity index (χ0) is 20.7. The monoisotopic (exact) mass is 403 g/mol. The number of nitrogens with zero attached hydrogens (tertiary/aromatic N) is 4. The SMILES string of the molecule is C[C@@H](CO)NC(=O)/C(C=O)=C/C(=N\N(C)c1cnn(C)c1)c1ccc(Cl)cc1. The molecule has 1 heterocycles. The maximum absolute atomic E-state index is 12.3. The van der Waals surface area contributed by atoms with Crippen LogP contribution in [0.5, 0.6) is 0 Å². The maximum atomic E-state index is 12.3. The molecule has 28 heavy (non-hydrogen) atoms. The average Bonchev–Trinajstić information content (AvgIpc) is 3.11. The number of halogens is 1. The molecule has 0 unspecified atom stereocenters. The Balaban J connectivity index is 2.44. The van der Waals surface area contributed by atoms with E-state index in [0.29, 0.717) is 22.6 Å². The van der Waals surface area contributed by atoms with Crippen molar-refractivity contribution >= 4 is 35.2 Å². The molecule has 2 N–H and O–H groups in total. The number of allylic oxidation sites excluding steroid dienone is 1. The number of hydrogen-bond donors (Lipinski definition) is 2. The van der Waals surface area contributed by atoms with Crippen molar-refractivity contribution in [3.05, 3.63) is 58.9 Å². The summed E-state index contributed by atoms with van der Waals surface area (Å²) in [5, 5.41) is 22.4. The molecule has 9 heteroatoms. The standard InChI is InChI=1S/C19H22ClN5O3/c1-13(11-26)22-19(28)15(12-27)8-18(14-4-6-16(20)7-5-14)23-25(3)17-9-21-24(2)10-17/h4-10,12-13,26H,11H2,1-3H3,(H,22,28)/b15-8+,23-18+/t13-/m0/s1. The van der Waals surface area contributed by atoms with Gasteiger partial charge in [0.15, 0.2) is 6.29 Å². The molecule has 1 atom stereocenters. The highest BCUT2D eigenvalue weighted by Gasteiger charge is 2.14. The molecular weight excluding hydrogens is 382 g/mol. The number of aromatic nitrogens is 2. The molecule has 0 bridgehead atoms. The number of rotatable bonds is 8. The molecule has 1 amide bonds. The van der Waals surface area contributed by atoms with Gasteiger partial charge in [0.05, 0.1) is 29.8 Å². The van der Waals surface area contributed by atoms with Gasteiger partial charge in [0.1, 0.15) is 0 Å². The number of nitrogens with one attached hydrogen (secondary N) is 1. The fourth-order valence-corrected chi connectivity index (χ4v) is 2.36. The molecule has 0 aliphatic rings. The Morgan fingerprint density at radius 2 is 2.11 bits per heavy atom. The Hall–Kier alpha value is -2.97. The molecule has 1 aromatic carbocycles. The van der Waals surface area contributed by atoms with Gasteiger partial charge in [-0.1, -0.05) is 23.7 Å². The molecule has 0 aliphatic carbocycles. The van der Waals surface area contributed by atoms with E-state index >= 15 is 0 Å². The largest absolute Gasteiger partial charge is 0.394 e. The van der Waals surface area contributed by atoms with Crippen LogP contribution in [0.1, 0.15) is 12.5 Å². The Kier molecular flexibility index (Phi) is 7.48. The van der Waals surface area contributed by atoms with E-state index in [0.717, 1.165) is 5.69 Å². The number of hydrogen-bond acceptors (Lipinski definition) is 6. The van der Waals surface area contributed by atoms with Crippen LogP contribution < -0.4 is 10.3 Å². The van der Waals surface area contributed by atoms with Gasteiger partial charge in [-0.3, -0.25) is 19.3 Å². The molecule has 0 saturated carbocycles. The third kappa shape index (κ3) is 5.77. The lowest BCUT2D eigenvalue weighted by Gasteiger charge is -2.14. The van der Waals surface area contributed by atoms with Gasteiger partial charge in [-0.25, -0.2) is 0 Å². The minimum Gasteiger partial charge on any atom is -0.394 e. The zero-order valence-electron chi connectivity index (χ0n) is 15.8. The Morgan fingerprint density at radius 1 is 1.43 bits per heavy atom. The number of aldehydes is 1. The van der Waals surface area contributed by atoms with Crippen LogP contribution in [0.3, 0.4) is 0 Å². The normalized spacial score (nSPS) is 13.2. The number of anilines is 1. The van der Waals surface area contributed by atoms with Crippen LogP contribution in [-0.4, -0.2) is 52.5 Å². The minimum absolute atomic E-state index is 0.117. The first kappa shape index (κ1) is 21.3. The molecule has 8 nitrogen and oxygen atoms in total. The first-order chi connectivity index (χ1) is 13.3. The predicted molar refractivity (Wildman–Crippen MR) is 108 cm³/mol. The predicted octanol–water partition coefficient (Wildman–Crippen LogP) is 1.54. The highest BCUT2D eigenvalue weighted by Crippen LogP contribution is 2.15. The molecule has 2 rings (SSSR count). The van der Waals surface area contributed by atoms with Crippen molar-refractivity contribution in [3.63, 3.8) is 0 Å². The average molecular weight is 404 g/mol. The van der Waals surface area contributed by atoms with E-state index in [1.807, 2.05) is 0 Å². The summed E-state index contributed by atoms with van der Waals surface area (Å²) in [4.78, 5) is 23.8. The molecular formula is C19H22ClN5O3. The third-order valence-electron chi connectivity index (χ3n) is 3.80. The molecule has 0 saturated heterocycles. The number of carbonyl (C=O) groups excluding carboxylic acids is 2. The number of hydrazone groups is 1. The van der Waals surface area contributed by atoms with E-state index in [-0.39, 0.29) is 12.2 Å². The third-order valence-corrected chi connectivity index (χ3v) is 4.05. The van der Waals surface area contributed by atoms with Crippen molar-refractivity contribution in [2.45, 2.75) is 13.0 Å². The van der Waals surface area contributed by atoms with E-state index in [2.05, 4.69) is 15.5 Å². The number of carbonyl (C=O) groups is 2. The van der Waals surface area contributed by atoms with Crippen LogP contribution in [-0.2, 0) is 16.6 Å². The van der Waals surface area contributed by atoms with Crippen molar-refractivity contribution in [1.82, 2.24) is 15.1 Å². The van der Waals surface area contributed by atoms with E-state index in [1.54, 1.807) is 67.4 Å². The zero-order valence-corrected chi connectivity index (χ0v) is 16.6. The molecule has 0 spiro atoms. The van der Waals surface area contributed by atoms with Gasteiger partial charge < -0.3 is 10.4 Å². The fraction of sp³-hybridized carbons (Fsp3) is 0.263. The van der Waals surface area contributed by atoms with Crippen LogP contribution in [0.25, 0.3) is 0 Å². The smallest absolute Gasteiger partial charge is 0.254 e. The van der Waals surface area contributed by atoms with Crippen molar-refractivity contribution in [3.8, 4) is 0 Å². The Morgan fingerprint density at radius 3 is 2.64 bits per heavy atom. The highest BCUT2D eigenvalue weighted by molar-refractivity contribution is 6.30. The molecule has 2 aromatic rings. The summed E-state index contributed by atoms with van der Waals surface area (Å²) in [6, 6.07) is 6.39. The Labute approximate surface area is 168 Å². The number of aliphatic hydroxyl groups excluding tert-OH is 1. The van der Waals surface area contributed by atoms with Crippen LogP contribution in [0.4, 0.5) is 5.69 Å². The number of aryl methyl sites for hydroxylation is 1. The summed E-state index contributed by atoms with van der Waals surface area (Å²) in [7, 11) is 3.52. The van der Waals surface area contributed by atoms with Gasteiger partial charge in [0, 0.05) is 36.9 Å². The van der Waals surface area contributed by atoms with E-state index in [1.165, 1.54) is 6.08 Å².